The fraction of sp³-hybridized carbons (Fsp3) is 0.600. The van der Waals surface area contributed by atoms with Gasteiger partial charge >= 0.3 is 0 Å². The van der Waals surface area contributed by atoms with E-state index in [1.165, 1.54) is 0 Å². The Kier molecular flexibility index (Phi) is 5.22. The Morgan fingerprint density at radius 1 is 1.12 bits per heavy atom. The molecule has 0 unspecified atom stereocenters. The minimum absolute atomic E-state index is 0.166. The lowest BCUT2D eigenvalue weighted by atomic mass is 10.1. The second-order valence-corrected chi connectivity index (χ2v) is 7.53. The van der Waals surface area contributed by atoms with Crippen LogP contribution in [0.1, 0.15) is 36.0 Å². The maximum absolute atomic E-state index is 12.0. The van der Waals surface area contributed by atoms with Crippen LogP contribution in [0.4, 0.5) is 0 Å². The molecule has 26 heavy (non-hydrogen) atoms. The van der Waals surface area contributed by atoms with Crippen LogP contribution in [0.5, 0.6) is 5.75 Å². The Balaban J connectivity index is 1.11. The Labute approximate surface area is 154 Å². The summed E-state index contributed by atoms with van der Waals surface area (Å²) in [4.78, 5) is 27.8. The number of Topliss-reactive ketones (excluding diaryl/α,β-unsaturated/α-hetero) is 1. The lowest BCUT2D eigenvalue weighted by Crippen LogP contribution is -2.62. The van der Waals surface area contributed by atoms with Crippen molar-refractivity contribution in [1.82, 2.24) is 15.1 Å². The predicted molar refractivity (Wildman–Crippen MR) is 98.2 cm³/mol. The van der Waals surface area contributed by atoms with Crippen molar-refractivity contribution in [3.8, 4) is 5.75 Å². The highest BCUT2D eigenvalue weighted by Gasteiger charge is 2.32. The minimum Gasteiger partial charge on any atom is -0.494 e. The van der Waals surface area contributed by atoms with E-state index in [9.17, 15) is 9.59 Å². The molecule has 2 saturated heterocycles. The maximum atomic E-state index is 12.0. The number of hydrogen-bond acceptors (Lipinski definition) is 5. The van der Waals surface area contributed by atoms with Gasteiger partial charge in [0.15, 0.2) is 5.78 Å². The van der Waals surface area contributed by atoms with Gasteiger partial charge in [0.05, 0.1) is 19.2 Å². The highest BCUT2D eigenvalue weighted by atomic mass is 16.5. The van der Waals surface area contributed by atoms with Gasteiger partial charge in [0, 0.05) is 44.2 Å². The highest BCUT2D eigenvalue weighted by Crippen LogP contribution is 2.32. The van der Waals surface area contributed by atoms with E-state index in [0.717, 1.165) is 63.3 Å². The molecule has 1 saturated carbocycles. The van der Waals surface area contributed by atoms with Crippen LogP contribution in [0.15, 0.2) is 24.3 Å². The van der Waals surface area contributed by atoms with E-state index in [4.69, 9.17) is 4.74 Å². The molecule has 1 atom stereocenters. The van der Waals surface area contributed by atoms with Gasteiger partial charge in [0.1, 0.15) is 5.75 Å². The molecular weight excluding hydrogens is 330 g/mol. The molecule has 1 aromatic carbocycles. The highest BCUT2D eigenvalue weighted by molar-refractivity contribution is 5.99. The lowest BCUT2D eigenvalue weighted by Gasteiger charge is -2.42. The quantitative estimate of drug-likeness (QED) is 0.434. The zero-order chi connectivity index (χ0) is 17.9. The maximum Gasteiger partial charge on any atom is 0.224 e. The van der Waals surface area contributed by atoms with Crippen LogP contribution < -0.4 is 10.1 Å². The molecular formula is C20H27N3O3. The third-order valence-electron chi connectivity index (χ3n) is 5.53. The number of rotatable bonds is 8. The van der Waals surface area contributed by atoms with Crippen LogP contribution in [0.25, 0.3) is 0 Å². The minimum atomic E-state index is 0.166. The Morgan fingerprint density at radius 3 is 2.42 bits per heavy atom. The molecule has 1 amide bonds. The number of hydrogen-bond donors (Lipinski definition) is 1. The van der Waals surface area contributed by atoms with Gasteiger partial charge in [-0.1, -0.05) is 0 Å². The molecule has 0 aromatic heterocycles. The number of nitrogens with one attached hydrogen (secondary N) is 1. The molecule has 2 heterocycles. The van der Waals surface area contributed by atoms with Crippen LogP contribution in [0, 0.1) is 5.92 Å². The molecule has 3 fully saturated rings. The van der Waals surface area contributed by atoms with Gasteiger partial charge in [-0.05, 0) is 43.5 Å². The average Bonchev–Trinajstić information content (AvgIpc) is 3.48. The van der Waals surface area contributed by atoms with Crippen molar-refractivity contribution in [3.05, 3.63) is 29.8 Å². The topological polar surface area (TPSA) is 61.9 Å². The summed E-state index contributed by atoms with van der Waals surface area (Å²) in [5.41, 5.74) is 0.806. The van der Waals surface area contributed by atoms with E-state index < -0.39 is 0 Å². The van der Waals surface area contributed by atoms with E-state index in [2.05, 4.69) is 15.1 Å². The largest absolute Gasteiger partial charge is 0.494 e. The third kappa shape index (κ3) is 4.24. The Bertz CT molecular complexity index is 641. The molecule has 6 heteroatoms. The van der Waals surface area contributed by atoms with E-state index in [0.29, 0.717) is 13.0 Å². The molecule has 2 aliphatic heterocycles. The number of piperazine rings is 1. The molecule has 1 N–H and O–H groups in total. The summed E-state index contributed by atoms with van der Waals surface area (Å²) in [6.07, 6.45) is 3.99. The van der Waals surface area contributed by atoms with Crippen molar-refractivity contribution in [2.75, 3.05) is 39.3 Å². The summed E-state index contributed by atoms with van der Waals surface area (Å²) in [5, 5.41) is 2.95. The summed E-state index contributed by atoms with van der Waals surface area (Å²) in [6, 6.07) is 7.57. The van der Waals surface area contributed by atoms with Gasteiger partial charge in [-0.2, -0.15) is 0 Å². The number of ether oxygens (including phenoxy) is 1. The van der Waals surface area contributed by atoms with Crippen molar-refractivity contribution in [2.45, 2.75) is 31.8 Å². The van der Waals surface area contributed by atoms with Crippen LogP contribution in [-0.2, 0) is 4.79 Å². The van der Waals surface area contributed by atoms with Crippen molar-refractivity contribution in [2.24, 2.45) is 5.92 Å². The molecule has 3 aliphatic rings. The molecule has 6 nitrogen and oxygen atoms in total. The third-order valence-corrected chi connectivity index (χ3v) is 5.53. The second-order valence-electron chi connectivity index (χ2n) is 7.53. The fourth-order valence-electron chi connectivity index (χ4n) is 3.63. The van der Waals surface area contributed by atoms with Gasteiger partial charge in [-0.25, -0.2) is 0 Å². The smallest absolute Gasteiger partial charge is 0.224 e. The number of ketones is 1. The predicted octanol–water partition coefficient (Wildman–Crippen LogP) is 1.51. The normalized spacial score (nSPS) is 24.0. The first-order valence-electron chi connectivity index (χ1n) is 9.72. The van der Waals surface area contributed by atoms with Gasteiger partial charge < -0.3 is 15.0 Å². The van der Waals surface area contributed by atoms with E-state index in [1.54, 1.807) is 0 Å². The fourth-order valence-corrected chi connectivity index (χ4v) is 3.63. The number of carbonyl (C=O) groups excluding carboxylic acids is 2. The monoisotopic (exact) mass is 357 g/mol. The summed E-state index contributed by atoms with van der Waals surface area (Å²) >= 11 is 0. The number of amides is 1. The number of nitrogens with zero attached hydrogens (tertiary/aromatic N) is 2. The zero-order valence-corrected chi connectivity index (χ0v) is 15.2. The number of benzene rings is 1. The van der Waals surface area contributed by atoms with Crippen molar-refractivity contribution in [3.63, 3.8) is 0 Å². The van der Waals surface area contributed by atoms with Gasteiger partial charge in [0.2, 0.25) is 5.91 Å². The Hall–Kier alpha value is -1.92. The Morgan fingerprint density at radius 2 is 1.81 bits per heavy atom. The van der Waals surface area contributed by atoms with Crippen molar-refractivity contribution < 1.29 is 14.3 Å². The first kappa shape index (κ1) is 17.5. The lowest BCUT2D eigenvalue weighted by molar-refractivity contribution is -0.133. The molecule has 0 bridgehead atoms. The van der Waals surface area contributed by atoms with Crippen LogP contribution in [0.3, 0.4) is 0 Å². The standard InChI is InChI=1S/C20H27N3O3/c24-19-14-18(21-19)23-11-9-22(10-12-23)8-1-13-26-17-6-4-16(5-7-17)20(25)15-2-3-15/h4-7,15,18H,1-3,8-14H2,(H,21,24)/t18-/m1/s1. The van der Waals surface area contributed by atoms with E-state index in [1.807, 2.05) is 24.3 Å². The van der Waals surface area contributed by atoms with Gasteiger partial charge in [0.25, 0.3) is 0 Å². The zero-order valence-electron chi connectivity index (χ0n) is 15.2. The van der Waals surface area contributed by atoms with Crippen LogP contribution in [0.2, 0.25) is 0 Å². The van der Waals surface area contributed by atoms with Crippen molar-refractivity contribution in [1.29, 1.82) is 0 Å². The SMILES string of the molecule is O=C1C[C@@H](N2CCN(CCCOc3ccc(C(=O)C4CC4)cc3)CC2)N1. The van der Waals surface area contributed by atoms with Crippen LogP contribution in [-0.4, -0.2) is 67.0 Å². The first-order valence-corrected chi connectivity index (χ1v) is 9.72. The van der Waals surface area contributed by atoms with E-state index >= 15 is 0 Å². The van der Waals surface area contributed by atoms with E-state index in [-0.39, 0.29) is 23.8 Å². The average molecular weight is 357 g/mol. The number of β-lactam (4-membered cyclic amide) rings is 1. The molecule has 0 spiro atoms. The van der Waals surface area contributed by atoms with Gasteiger partial charge in [-0.15, -0.1) is 0 Å². The van der Waals surface area contributed by atoms with Crippen LogP contribution >= 0.6 is 0 Å². The summed E-state index contributed by atoms with van der Waals surface area (Å²) in [5.74, 6) is 1.54. The molecule has 140 valence electrons. The summed E-state index contributed by atoms with van der Waals surface area (Å²) < 4.78 is 5.81. The summed E-state index contributed by atoms with van der Waals surface area (Å²) in [7, 11) is 0. The first-order chi connectivity index (χ1) is 12.7. The molecule has 4 rings (SSSR count). The molecule has 0 radical (unpaired) electrons. The summed E-state index contributed by atoms with van der Waals surface area (Å²) in [6.45, 7) is 5.84. The van der Waals surface area contributed by atoms with Crippen molar-refractivity contribution >= 4 is 11.7 Å². The van der Waals surface area contributed by atoms with Gasteiger partial charge in [-0.3, -0.25) is 14.5 Å². The second kappa shape index (κ2) is 7.76. The molecule has 1 aromatic rings. The molecule has 1 aliphatic carbocycles. The number of carbonyl (C=O) groups is 2.